The molecule has 5 rings (SSSR count). The van der Waals surface area contributed by atoms with Gasteiger partial charge in [-0.15, -0.1) is 11.3 Å². The number of fused-ring (bicyclic) bond motifs is 3. The van der Waals surface area contributed by atoms with E-state index < -0.39 is 0 Å². The van der Waals surface area contributed by atoms with Gasteiger partial charge < -0.3 is 4.74 Å². The van der Waals surface area contributed by atoms with Gasteiger partial charge in [0.25, 0.3) is 0 Å². The number of ether oxygens (including phenoxy) is 1. The van der Waals surface area contributed by atoms with E-state index in [9.17, 15) is 0 Å². The maximum Gasteiger partial charge on any atom is 0.213 e. The highest BCUT2D eigenvalue weighted by Gasteiger charge is 2.41. The maximum absolute atomic E-state index is 6.37. The quantitative estimate of drug-likeness (QED) is 0.425. The second kappa shape index (κ2) is 6.66. The van der Waals surface area contributed by atoms with Crippen LogP contribution < -0.4 is 4.74 Å². The molecule has 2 aliphatic rings. The summed E-state index contributed by atoms with van der Waals surface area (Å²) >= 11 is 11.6. The van der Waals surface area contributed by atoms with Crippen LogP contribution in [0.4, 0.5) is 0 Å². The van der Waals surface area contributed by atoms with Crippen LogP contribution >= 0.6 is 38.9 Å². The van der Waals surface area contributed by atoms with Crippen LogP contribution in [0.15, 0.2) is 64.2 Å². The van der Waals surface area contributed by atoms with Gasteiger partial charge in [-0.1, -0.05) is 39.7 Å². The summed E-state index contributed by atoms with van der Waals surface area (Å²) in [7, 11) is 0. The Kier molecular flexibility index (Phi) is 4.26. The molecular formula is C21H16BrClN2OS. The van der Waals surface area contributed by atoms with Crippen molar-refractivity contribution in [3.05, 3.63) is 85.0 Å². The summed E-state index contributed by atoms with van der Waals surface area (Å²) in [5, 5.41) is 7.78. The molecular weight excluding hydrogens is 444 g/mol. The molecule has 2 aromatic carbocycles. The van der Waals surface area contributed by atoms with Crippen molar-refractivity contribution < 1.29 is 4.74 Å². The first-order chi connectivity index (χ1) is 13.1. The normalized spacial score (nSPS) is 20.7. The molecule has 0 aliphatic carbocycles. The first kappa shape index (κ1) is 17.3. The zero-order chi connectivity index (χ0) is 18.5. The molecule has 0 amide bonds. The smallest absolute Gasteiger partial charge is 0.213 e. The van der Waals surface area contributed by atoms with Crippen LogP contribution in [0.25, 0.3) is 0 Å². The second-order valence-corrected chi connectivity index (χ2v) is 9.40. The summed E-state index contributed by atoms with van der Waals surface area (Å²) in [6.07, 6.45) is 0.574. The third-order valence-corrected chi connectivity index (χ3v) is 6.69. The molecule has 0 radical (unpaired) electrons. The molecule has 2 aliphatic heterocycles. The van der Waals surface area contributed by atoms with Crippen molar-refractivity contribution in [1.29, 1.82) is 0 Å². The Bertz CT molecular complexity index is 1060. The fourth-order valence-electron chi connectivity index (χ4n) is 3.68. The number of benzene rings is 2. The third kappa shape index (κ3) is 3.08. The number of hydrogen-bond acceptors (Lipinski definition) is 4. The van der Waals surface area contributed by atoms with Crippen LogP contribution in [0.5, 0.6) is 5.75 Å². The van der Waals surface area contributed by atoms with Gasteiger partial charge >= 0.3 is 0 Å². The van der Waals surface area contributed by atoms with Crippen molar-refractivity contribution in [1.82, 2.24) is 5.01 Å². The van der Waals surface area contributed by atoms with Crippen molar-refractivity contribution in [2.75, 3.05) is 0 Å². The fraction of sp³-hybridized carbons (Fsp3) is 0.190. The van der Waals surface area contributed by atoms with E-state index in [1.54, 1.807) is 11.3 Å². The molecule has 2 atom stereocenters. The molecule has 3 heterocycles. The number of halogens is 2. The highest BCUT2D eigenvalue weighted by atomic mass is 79.9. The van der Waals surface area contributed by atoms with Crippen LogP contribution in [0, 0.1) is 6.92 Å². The van der Waals surface area contributed by atoms with E-state index >= 15 is 0 Å². The first-order valence-corrected chi connectivity index (χ1v) is 10.7. The molecule has 0 N–H and O–H groups in total. The van der Waals surface area contributed by atoms with Gasteiger partial charge in [-0.2, -0.15) is 5.10 Å². The molecule has 0 fully saturated rings. The zero-order valence-corrected chi connectivity index (χ0v) is 17.7. The number of nitrogens with zero attached hydrogens (tertiary/aromatic N) is 2. The minimum absolute atomic E-state index is 0.146. The van der Waals surface area contributed by atoms with Crippen LogP contribution in [-0.2, 0) is 0 Å². The molecule has 0 unspecified atom stereocenters. The predicted molar refractivity (Wildman–Crippen MR) is 114 cm³/mol. The summed E-state index contributed by atoms with van der Waals surface area (Å²) in [6, 6.07) is 18.5. The van der Waals surface area contributed by atoms with Crippen LogP contribution in [0.1, 0.15) is 39.6 Å². The van der Waals surface area contributed by atoms with E-state index in [0.717, 1.165) is 33.5 Å². The summed E-state index contributed by atoms with van der Waals surface area (Å²) < 4.78 is 7.42. The maximum atomic E-state index is 6.37. The van der Waals surface area contributed by atoms with Gasteiger partial charge in [0.15, 0.2) is 0 Å². The van der Waals surface area contributed by atoms with Crippen molar-refractivity contribution in [3.63, 3.8) is 0 Å². The number of thiophene rings is 1. The van der Waals surface area contributed by atoms with E-state index in [1.807, 2.05) is 36.4 Å². The second-order valence-electron chi connectivity index (χ2n) is 6.76. The van der Waals surface area contributed by atoms with Crippen molar-refractivity contribution in [3.8, 4) is 5.75 Å². The average Bonchev–Trinajstić information content (AvgIpc) is 3.27. The Morgan fingerprint density at radius 1 is 1.19 bits per heavy atom. The number of hydrogen-bond donors (Lipinski definition) is 0. The third-order valence-electron chi connectivity index (χ3n) is 4.91. The number of aryl methyl sites for hydroxylation is 1. The molecule has 3 aromatic rings. The summed E-state index contributed by atoms with van der Waals surface area (Å²) in [5.41, 5.74) is 3.28. The van der Waals surface area contributed by atoms with E-state index in [-0.39, 0.29) is 12.3 Å². The van der Waals surface area contributed by atoms with Crippen molar-refractivity contribution in [2.45, 2.75) is 25.6 Å². The highest BCUT2D eigenvalue weighted by molar-refractivity contribution is 9.10. The van der Waals surface area contributed by atoms with E-state index in [0.29, 0.717) is 5.02 Å². The molecule has 0 bridgehead atoms. The van der Waals surface area contributed by atoms with Crippen LogP contribution in [-0.4, -0.2) is 10.7 Å². The molecule has 27 heavy (non-hydrogen) atoms. The van der Waals surface area contributed by atoms with Crippen molar-refractivity contribution >= 4 is 44.6 Å². The van der Waals surface area contributed by atoms with E-state index in [4.69, 9.17) is 21.4 Å². The van der Waals surface area contributed by atoms with Crippen LogP contribution in [0.2, 0.25) is 5.02 Å². The average molecular weight is 460 g/mol. The van der Waals surface area contributed by atoms with E-state index in [2.05, 4.69) is 46.1 Å². The summed E-state index contributed by atoms with van der Waals surface area (Å²) in [4.78, 5) is 2.52. The lowest BCUT2D eigenvalue weighted by atomic mass is 9.98. The zero-order valence-electron chi connectivity index (χ0n) is 14.5. The van der Waals surface area contributed by atoms with E-state index in [1.165, 1.54) is 9.75 Å². The summed E-state index contributed by atoms with van der Waals surface area (Å²) in [5.74, 6) is 0.906. The minimum atomic E-state index is -0.291. The van der Waals surface area contributed by atoms with Gasteiger partial charge in [-0.3, -0.25) is 0 Å². The van der Waals surface area contributed by atoms with Gasteiger partial charge in [0.1, 0.15) is 5.75 Å². The fourth-order valence-corrected chi connectivity index (χ4v) is 5.12. The van der Waals surface area contributed by atoms with Gasteiger partial charge in [0.05, 0.1) is 16.6 Å². The largest absolute Gasteiger partial charge is 0.464 e. The van der Waals surface area contributed by atoms with Gasteiger partial charge in [0, 0.05) is 31.9 Å². The van der Waals surface area contributed by atoms with Crippen molar-refractivity contribution in [2.24, 2.45) is 5.10 Å². The lowest BCUT2D eigenvalue weighted by Crippen LogP contribution is -2.33. The standard InChI is InChI=1S/C21H16BrClN2OS/c1-12-5-8-20(27-12)17-11-18-16-10-14(22)6-7-19(16)26-21(25(18)24-17)13-3-2-4-15(23)9-13/h2-10,18,21H,11H2,1H3/t18-,21-/m0/s1. The molecule has 6 heteroatoms. The van der Waals surface area contributed by atoms with Gasteiger partial charge in [-0.25, -0.2) is 5.01 Å². The lowest BCUT2D eigenvalue weighted by molar-refractivity contribution is -0.0190. The SMILES string of the molecule is Cc1ccc(C2=NN3[C@@H](C2)c2cc(Br)ccc2O[C@H]3c2cccc(Cl)c2)s1. The minimum Gasteiger partial charge on any atom is -0.464 e. The number of rotatable bonds is 2. The Labute approximate surface area is 175 Å². The molecule has 0 spiro atoms. The molecule has 0 saturated carbocycles. The monoisotopic (exact) mass is 458 g/mol. The first-order valence-electron chi connectivity index (χ1n) is 8.73. The number of hydrazone groups is 1. The Morgan fingerprint density at radius 3 is 2.85 bits per heavy atom. The molecule has 136 valence electrons. The van der Waals surface area contributed by atoms with Crippen LogP contribution in [0.3, 0.4) is 0 Å². The lowest BCUT2D eigenvalue weighted by Gasteiger charge is -2.38. The Hall–Kier alpha value is -1.82. The molecule has 1 aromatic heterocycles. The van der Waals surface area contributed by atoms with Gasteiger partial charge in [-0.05, 0) is 49.4 Å². The highest BCUT2D eigenvalue weighted by Crippen LogP contribution is 2.48. The Balaban J connectivity index is 1.62. The molecule has 0 saturated heterocycles. The topological polar surface area (TPSA) is 24.8 Å². The molecule has 3 nitrogen and oxygen atoms in total. The van der Waals surface area contributed by atoms with Gasteiger partial charge in [0.2, 0.25) is 6.23 Å². The Morgan fingerprint density at radius 2 is 2.07 bits per heavy atom. The summed E-state index contributed by atoms with van der Waals surface area (Å²) in [6.45, 7) is 2.13. The predicted octanol–water partition coefficient (Wildman–Crippen LogP) is 6.71.